The largest absolute Gasteiger partial charge is 0.495 e. The summed E-state index contributed by atoms with van der Waals surface area (Å²) in [5.41, 5.74) is 2.10. The van der Waals surface area contributed by atoms with Gasteiger partial charge in [-0.2, -0.15) is 0 Å². The summed E-state index contributed by atoms with van der Waals surface area (Å²) in [6.45, 7) is 4.18. The van der Waals surface area contributed by atoms with Crippen LogP contribution in [-0.4, -0.2) is 21.6 Å². The van der Waals surface area contributed by atoms with Crippen molar-refractivity contribution in [3.8, 4) is 5.75 Å². The standard InChI is InChI=1S/C18H24N2O3S.ClH/c1-13(20-14(2)16-7-5-4-6-8-16)11-15-9-10-17(23-3)18(12-15)24(19,21)22;/h4-10,12-14,20H,11H2,1-3H3,(H2,19,21,22);1H/t13-,14-;/m0./s1. The fraction of sp³-hybridized carbons (Fsp3) is 0.333. The van der Waals surface area contributed by atoms with E-state index in [9.17, 15) is 8.42 Å². The number of nitrogens with one attached hydrogen (secondary N) is 1. The van der Waals surface area contributed by atoms with Gasteiger partial charge in [-0.3, -0.25) is 0 Å². The molecular weight excluding hydrogens is 360 g/mol. The van der Waals surface area contributed by atoms with Crippen molar-refractivity contribution in [2.45, 2.75) is 37.2 Å². The van der Waals surface area contributed by atoms with Crippen LogP contribution in [-0.2, 0) is 16.4 Å². The number of ether oxygens (including phenoxy) is 1. The van der Waals surface area contributed by atoms with Crippen LogP contribution in [0.5, 0.6) is 5.75 Å². The molecule has 5 nitrogen and oxygen atoms in total. The lowest BCUT2D eigenvalue weighted by atomic mass is 10.0. The summed E-state index contributed by atoms with van der Waals surface area (Å²) in [5, 5.41) is 8.79. The predicted octanol–water partition coefficient (Wildman–Crippen LogP) is 3.05. The van der Waals surface area contributed by atoms with Crippen LogP contribution in [0.4, 0.5) is 0 Å². The molecule has 2 atom stereocenters. The van der Waals surface area contributed by atoms with Gasteiger partial charge in [0.1, 0.15) is 10.6 Å². The summed E-state index contributed by atoms with van der Waals surface area (Å²) in [4.78, 5) is 0.0193. The summed E-state index contributed by atoms with van der Waals surface area (Å²) in [6.07, 6.45) is 0.684. The van der Waals surface area contributed by atoms with Crippen LogP contribution in [0.3, 0.4) is 0 Å². The predicted molar refractivity (Wildman–Crippen MR) is 103 cm³/mol. The van der Waals surface area contributed by atoms with Gasteiger partial charge in [-0.05, 0) is 43.5 Å². The minimum Gasteiger partial charge on any atom is -0.495 e. The highest BCUT2D eigenvalue weighted by atomic mass is 35.5. The first-order valence-electron chi connectivity index (χ1n) is 7.82. The zero-order valence-corrected chi connectivity index (χ0v) is 16.2. The van der Waals surface area contributed by atoms with Gasteiger partial charge < -0.3 is 10.1 Å². The molecule has 0 aromatic heterocycles. The van der Waals surface area contributed by atoms with Crippen LogP contribution in [0.1, 0.15) is 31.0 Å². The first-order valence-corrected chi connectivity index (χ1v) is 9.36. The molecule has 25 heavy (non-hydrogen) atoms. The van der Waals surface area contributed by atoms with Crippen LogP contribution in [0.2, 0.25) is 0 Å². The second kappa shape index (κ2) is 9.20. The zero-order chi connectivity index (χ0) is 17.7. The number of sulfonamides is 1. The van der Waals surface area contributed by atoms with E-state index < -0.39 is 10.0 Å². The molecule has 0 aliphatic carbocycles. The normalized spacial score (nSPS) is 13.6. The molecule has 0 aliphatic rings. The van der Waals surface area contributed by atoms with E-state index in [1.165, 1.54) is 12.7 Å². The lowest BCUT2D eigenvalue weighted by molar-refractivity contribution is 0.402. The van der Waals surface area contributed by atoms with Gasteiger partial charge in [0.15, 0.2) is 0 Å². The van der Waals surface area contributed by atoms with E-state index >= 15 is 0 Å². The Hall–Kier alpha value is -1.60. The van der Waals surface area contributed by atoms with Crippen molar-refractivity contribution in [1.29, 1.82) is 0 Å². The Bertz CT molecular complexity index is 782. The Kier molecular flexibility index (Phi) is 7.89. The molecule has 0 aliphatic heterocycles. The van der Waals surface area contributed by atoms with Crippen LogP contribution in [0.15, 0.2) is 53.4 Å². The van der Waals surface area contributed by atoms with E-state index in [0.29, 0.717) is 6.42 Å². The molecule has 0 bridgehead atoms. The fourth-order valence-corrected chi connectivity index (χ4v) is 3.50. The van der Waals surface area contributed by atoms with Gasteiger partial charge in [-0.15, -0.1) is 12.4 Å². The molecule has 0 fully saturated rings. The minimum atomic E-state index is -3.82. The molecule has 0 heterocycles. The molecule has 7 heteroatoms. The maximum Gasteiger partial charge on any atom is 0.241 e. The topological polar surface area (TPSA) is 81.4 Å². The highest BCUT2D eigenvalue weighted by Crippen LogP contribution is 2.24. The van der Waals surface area contributed by atoms with Crippen LogP contribution in [0.25, 0.3) is 0 Å². The van der Waals surface area contributed by atoms with Gasteiger partial charge in [0.05, 0.1) is 7.11 Å². The molecule has 0 saturated heterocycles. The van der Waals surface area contributed by atoms with Crippen molar-refractivity contribution in [2.75, 3.05) is 7.11 Å². The zero-order valence-electron chi connectivity index (χ0n) is 14.6. The van der Waals surface area contributed by atoms with E-state index in [4.69, 9.17) is 9.88 Å². The summed E-state index contributed by atoms with van der Waals surface area (Å²) < 4.78 is 28.5. The Labute approximate surface area is 156 Å². The molecule has 0 spiro atoms. The first-order chi connectivity index (χ1) is 11.3. The SMILES string of the molecule is COc1ccc(C[C@H](C)N[C@@H](C)c2ccccc2)cc1S(N)(=O)=O.Cl. The summed E-state index contributed by atoms with van der Waals surface area (Å²) >= 11 is 0. The molecule has 2 aromatic carbocycles. The van der Waals surface area contributed by atoms with Gasteiger partial charge in [-0.25, -0.2) is 13.6 Å². The van der Waals surface area contributed by atoms with Crippen molar-refractivity contribution < 1.29 is 13.2 Å². The smallest absolute Gasteiger partial charge is 0.241 e. The molecule has 0 radical (unpaired) electrons. The third kappa shape index (κ3) is 6.01. The van der Waals surface area contributed by atoms with Crippen LogP contribution < -0.4 is 15.2 Å². The van der Waals surface area contributed by atoms with E-state index in [2.05, 4.69) is 31.3 Å². The average Bonchev–Trinajstić information content (AvgIpc) is 2.54. The Morgan fingerprint density at radius 3 is 2.32 bits per heavy atom. The highest BCUT2D eigenvalue weighted by molar-refractivity contribution is 7.89. The molecule has 0 amide bonds. The fourth-order valence-electron chi connectivity index (χ4n) is 2.75. The van der Waals surface area contributed by atoms with Crippen LogP contribution >= 0.6 is 12.4 Å². The molecule has 2 rings (SSSR count). The van der Waals surface area contributed by atoms with Crippen molar-refractivity contribution in [3.63, 3.8) is 0 Å². The average molecular weight is 385 g/mol. The number of primary sulfonamides is 1. The van der Waals surface area contributed by atoms with Crippen LogP contribution in [0, 0.1) is 0 Å². The Balaban J connectivity index is 0.00000312. The molecular formula is C18H25ClN2O3S. The maximum atomic E-state index is 11.7. The van der Waals surface area contributed by atoms with Crippen molar-refractivity contribution in [1.82, 2.24) is 5.32 Å². The maximum absolute atomic E-state index is 11.7. The van der Waals surface area contributed by atoms with E-state index in [1.807, 2.05) is 24.3 Å². The highest BCUT2D eigenvalue weighted by Gasteiger charge is 2.17. The Morgan fingerprint density at radius 2 is 1.76 bits per heavy atom. The van der Waals surface area contributed by atoms with Gasteiger partial charge in [-0.1, -0.05) is 36.4 Å². The summed E-state index contributed by atoms with van der Waals surface area (Å²) in [5.74, 6) is 0.263. The van der Waals surface area contributed by atoms with Gasteiger partial charge >= 0.3 is 0 Å². The number of rotatable bonds is 7. The number of hydrogen-bond acceptors (Lipinski definition) is 4. The number of hydrogen-bond donors (Lipinski definition) is 2. The van der Waals surface area contributed by atoms with Crippen molar-refractivity contribution in [3.05, 3.63) is 59.7 Å². The van der Waals surface area contributed by atoms with E-state index in [1.54, 1.807) is 12.1 Å². The third-order valence-electron chi connectivity index (χ3n) is 3.91. The molecule has 138 valence electrons. The molecule has 2 aromatic rings. The van der Waals surface area contributed by atoms with Gasteiger partial charge in [0, 0.05) is 12.1 Å². The van der Waals surface area contributed by atoms with Gasteiger partial charge in [0.2, 0.25) is 10.0 Å². The Morgan fingerprint density at radius 1 is 1.12 bits per heavy atom. The number of benzene rings is 2. The van der Waals surface area contributed by atoms with Gasteiger partial charge in [0.25, 0.3) is 0 Å². The number of nitrogens with two attached hydrogens (primary N) is 1. The molecule has 3 N–H and O–H groups in total. The first kappa shape index (κ1) is 21.4. The second-order valence-electron chi connectivity index (χ2n) is 5.93. The minimum absolute atomic E-state index is 0. The van der Waals surface area contributed by atoms with Crippen molar-refractivity contribution in [2.24, 2.45) is 5.14 Å². The summed E-state index contributed by atoms with van der Waals surface area (Å²) in [7, 11) is -2.39. The van der Waals surface area contributed by atoms with E-state index in [-0.39, 0.29) is 35.1 Å². The van der Waals surface area contributed by atoms with Crippen molar-refractivity contribution >= 4 is 22.4 Å². The second-order valence-corrected chi connectivity index (χ2v) is 7.46. The number of methoxy groups -OCH3 is 1. The lowest BCUT2D eigenvalue weighted by Gasteiger charge is -2.21. The lowest BCUT2D eigenvalue weighted by Crippen LogP contribution is -2.30. The summed E-state index contributed by atoms with van der Waals surface area (Å²) in [6, 6.07) is 15.6. The third-order valence-corrected chi connectivity index (χ3v) is 4.84. The number of halogens is 1. The molecule has 0 saturated carbocycles. The van der Waals surface area contributed by atoms with E-state index in [0.717, 1.165) is 5.56 Å². The quantitative estimate of drug-likeness (QED) is 0.768. The monoisotopic (exact) mass is 384 g/mol. The molecule has 0 unspecified atom stereocenters.